The summed E-state index contributed by atoms with van der Waals surface area (Å²) in [6.07, 6.45) is 9.32. The summed E-state index contributed by atoms with van der Waals surface area (Å²) in [7, 11) is 0. The van der Waals surface area contributed by atoms with E-state index < -0.39 is 0 Å². The lowest BCUT2D eigenvalue weighted by Crippen LogP contribution is -2.32. The van der Waals surface area contributed by atoms with Crippen molar-refractivity contribution in [3.8, 4) is 0 Å². The molecule has 1 aliphatic carbocycles. The zero-order chi connectivity index (χ0) is 17.8. The first kappa shape index (κ1) is 17.1. The Labute approximate surface area is 156 Å². The SMILES string of the molecule is CC1CCN(c2ccc(Nc3cc(NC4CCCC4)ncn3)cc2)CC1. The van der Waals surface area contributed by atoms with E-state index in [0.717, 1.165) is 36.3 Å². The molecule has 2 aromatic rings. The summed E-state index contributed by atoms with van der Waals surface area (Å²) >= 11 is 0. The first-order chi connectivity index (χ1) is 12.8. The Kier molecular flexibility index (Phi) is 5.23. The van der Waals surface area contributed by atoms with Crippen molar-refractivity contribution in [3.63, 3.8) is 0 Å². The molecule has 1 saturated carbocycles. The van der Waals surface area contributed by atoms with Gasteiger partial charge in [0.15, 0.2) is 0 Å². The van der Waals surface area contributed by atoms with E-state index in [1.54, 1.807) is 6.33 Å². The van der Waals surface area contributed by atoms with Gasteiger partial charge in [-0.3, -0.25) is 0 Å². The number of piperidine rings is 1. The Morgan fingerprint density at radius 3 is 2.35 bits per heavy atom. The van der Waals surface area contributed by atoms with Crippen molar-refractivity contribution in [1.29, 1.82) is 0 Å². The molecule has 2 heterocycles. The van der Waals surface area contributed by atoms with Crippen LogP contribution >= 0.6 is 0 Å². The molecule has 0 bridgehead atoms. The third-order valence-electron chi connectivity index (χ3n) is 5.66. The maximum Gasteiger partial charge on any atom is 0.135 e. The molecule has 0 radical (unpaired) electrons. The van der Waals surface area contributed by atoms with Gasteiger partial charge < -0.3 is 15.5 Å². The van der Waals surface area contributed by atoms with Crippen molar-refractivity contribution in [3.05, 3.63) is 36.7 Å². The number of hydrogen-bond acceptors (Lipinski definition) is 5. The summed E-state index contributed by atoms with van der Waals surface area (Å²) in [5.41, 5.74) is 2.37. The van der Waals surface area contributed by atoms with E-state index in [1.807, 2.05) is 6.07 Å². The second-order valence-corrected chi connectivity index (χ2v) is 7.76. The van der Waals surface area contributed by atoms with Gasteiger partial charge in [-0.1, -0.05) is 19.8 Å². The average molecular weight is 351 g/mol. The van der Waals surface area contributed by atoms with Crippen LogP contribution in [-0.2, 0) is 0 Å². The third kappa shape index (κ3) is 4.26. The van der Waals surface area contributed by atoms with Crippen molar-refractivity contribution in [2.24, 2.45) is 5.92 Å². The second kappa shape index (κ2) is 7.94. The lowest BCUT2D eigenvalue weighted by molar-refractivity contribution is 0.438. The minimum atomic E-state index is 0.560. The zero-order valence-corrected chi connectivity index (χ0v) is 15.6. The molecule has 138 valence electrons. The van der Waals surface area contributed by atoms with Gasteiger partial charge in [-0.15, -0.1) is 0 Å². The molecule has 1 aromatic carbocycles. The molecule has 0 unspecified atom stereocenters. The predicted octanol–water partition coefficient (Wildman–Crippen LogP) is 4.81. The molecule has 0 atom stereocenters. The zero-order valence-electron chi connectivity index (χ0n) is 15.6. The Balaban J connectivity index is 1.37. The second-order valence-electron chi connectivity index (χ2n) is 7.76. The summed E-state index contributed by atoms with van der Waals surface area (Å²) in [5, 5.41) is 6.92. The fourth-order valence-electron chi connectivity index (χ4n) is 3.95. The monoisotopic (exact) mass is 351 g/mol. The molecule has 2 N–H and O–H groups in total. The van der Waals surface area contributed by atoms with Crippen LogP contribution in [0.25, 0.3) is 0 Å². The van der Waals surface area contributed by atoms with Gasteiger partial charge in [-0.25, -0.2) is 9.97 Å². The molecule has 26 heavy (non-hydrogen) atoms. The van der Waals surface area contributed by atoms with Gasteiger partial charge in [0, 0.05) is 36.6 Å². The molecule has 2 aliphatic rings. The summed E-state index contributed by atoms with van der Waals surface area (Å²) in [4.78, 5) is 11.2. The van der Waals surface area contributed by atoms with Gasteiger partial charge >= 0.3 is 0 Å². The van der Waals surface area contributed by atoms with Crippen LogP contribution in [-0.4, -0.2) is 29.1 Å². The van der Waals surface area contributed by atoms with Crippen LogP contribution in [0.3, 0.4) is 0 Å². The first-order valence-electron chi connectivity index (χ1n) is 9.97. The van der Waals surface area contributed by atoms with Crippen molar-refractivity contribution in [1.82, 2.24) is 9.97 Å². The maximum absolute atomic E-state index is 4.36. The topological polar surface area (TPSA) is 53.1 Å². The fourth-order valence-corrected chi connectivity index (χ4v) is 3.95. The van der Waals surface area contributed by atoms with Crippen LogP contribution in [0.4, 0.5) is 23.0 Å². The average Bonchev–Trinajstić information content (AvgIpc) is 3.16. The Bertz CT molecular complexity index is 701. The van der Waals surface area contributed by atoms with Crippen LogP contribution < -0.4 is 15.5 Å². The van der Waals surface area contributed by atoms with Gasteiger partial charge in [-0.05, 0) is 55.9 Å². The lowest BCUT2D eigenvalue weighted by atomic mass is 9.99. The molecule has 1 aliphatic heterocycles. The van der Waals surface area contributed by atoms with Gasteiger partial charge in [0.05, 0.1) is 0 Å². The lowest BCUT2D eigenvalue weighted by Gasteiger charge is -2.32. The van der Waals surface area contributed by atoms with Gasteiger partial charge in [0.25, 0.3) is 0 Å². The number of anilines is 4. The highest BCUT2D eigenvalue weighted by Gasteiger charge is 2.16. The number of hydrogen-bond donors (Lipinski definition) is 2. The molecule has 1 saturated heterocycles. The normalized spacial score (nSPS) is 18.9. The minimum Gasteiger partial charge on any atom is -0.372 e. The van der Waals surface area contributed by atoms with Crippen molar-refractivity contribution in [2.75, 3.05) is 28.6 Å². The maximum atomic E-state index is 4.36. The van der Waals surface area contributed by atoms with Crippen LogP contribution in [0.5, 0.6) is 0 Å². The number of aromatic nitrogens is 2. The largest absolute Gasteiger partial charge is 0.372 e. The third-order valence-corrected chi connectivity index (χ3v) is 5.66. The summed E-state index contributed by atoms with van der Waals surface area (Å²) < 4.78 is 0. The number of nitrogens with one attached hydrogen (secondary N) is 2. The molecule has 2 fully saturated rings. The molecule has 1 aromatic heterocycles. The number of rotatable bonds is 5. The molecule has 0 amide bonds. The Morgan fingerprint density at radius 2 is 1.62 bits per heavy atom. The van der Waals surface area contributed by atoms with Crippen molar-refractivity contribution < 1.29 is 0 Å². The standard InChI is InChI=1S/C21H29N5/c1-16-10-12-26(13-11-16)19-8-6-18(7-9-19)25-21-14-20(22-15-23-21)24-17-4-2-3-5-17/h6-9,14-17H,2-5,10-13H2,1H3,(H2,22,23,24,25). The highest BCUT2D eigenvalue weighted by atomic mass is 15.1. The summed E-state index contributed by atoms with van der Waals surface area (Å²) in [5.74, 6) is 2.60. The molecular formula is C21H29N5. The van der Waals surface area contributed by atoms with E-state index in [9.17, 15) is 0 Å². The van der Waals surface area contributed by atoms with E-state index in [1.165, 1.54) is 44.2 Å². The highest BCUT2D eigenvalue weighted by Crippen LogP contribution is 2.26. The van der Waals surface area contributed by atoms with Gasteiger partial charge in [-0.2, -0.15) is 0 Å². The smallest absolute Gasteiger partial charge is 0.135 e. The van der Waals surface area contributed by atoms with Gasteiger partial charge in [0.2, 0.25) is 0 Å². The molecule has 4 rings (SSSR count). The Hall–Kier alpha value is -2.30. The van der Waals surface area contributed by atoms with Gasteiger partial charge in [0.1, 0.15) is 18.0 Å². The quantitative estimate of drug-likeness (QED) is 0.809. The van der Waals surface area contributed by atoms with Crippen molar-refractivity contribution in [2.45, 2.75) is 51.5 Å². The predicted molar refractivity (Wildman–Crippen MR) is 108 cm³/mol. The van der Waals surface area contributed by atoms with Crippen LogP contribution in [0, 0.1) is 5.92 Å². The first-order valence-corrected chi connectivity index (χ1v) is 9.97. The van der Waals surface area contributed by atoms with E-state index >= 15 is 0 Å². The van der Waals surface area contributed by atoms with E-state index in [0.29, 0.717) is 6.04 Å². The van der Waals surface area contributed by atoms with E-state index in [4.69, 9.17) is 0 Å². The van der Waals surface area contributed by atoms with Crippen LogP contribution in [0.2, 0.25) is 0 Å². The van der Waals surface area contributed by atoms with E-state index in [2.05, 4.69) is 56.7 Å². The van der Waals surface area contributed by atoms with Crippen LogP contribution in [0.1, 0.15) is 45.4 Å². The minimum absolute atomic E-state index is 0.560. The molecule has 5 heteroatoms. The summed E-state index contributed by atoms with van der Waals surface area (Å²) in [6.45, 7) is 4.67. The summed E-state index contributed by atoms with van der Waals surface area (Å²) in [6, 6.07) is 11.2. The number of nitrogens with zero attached hydrogens (tertiary/aromatic N) is 3. The highest BCUT2D eigenvalue weighted by molar-refractivity contribution is 5.62. The molecular weight excluding hydrogens is 322 g/mol. The fraction of sp³-hybridized carbons (Fsp3) is 0.524. The Morgan fingerprint density at radius 1 is 0.923 bits per heavy atom. The number of benzene rings is 1. The molecule has 5 nitrogen and oxygen atoms in total. The molecule has 0 spiro atoms. The van der Waals surface area contributed by atoms with E-state index in [-0.39, 0.29) is 0 Å². The van der Waals surface area contributed by atoms with Crippen LogP contribution in [0.15, 0.2) is 36.7 Å². The van der Waals surface area contributed by atoms with Crippen molar-refractivity contribution >= 4 is 23.0 Å².